The third kappa shape index (κ3) is 3.74. The predicted octanol–water partition coefficient (Wildman–Crippen LogP) is 3.25. The highest BCUT2D eigenvalue weighted by Crippen LogP contribution is 2.16. The Labute approximate surface area is 105 Å². The van der Waals surface area contributed by atoms with Crippen molar-refractivity contribution >= 4 is 0 Å². The molecule has 1 aliphatic rings. The fraction of sp³-hybridized carbons (Fsp3) is 0.600. The van der Waals surface area contributed by atoms with E-state index in [9.17, 15) is 0 Å². The molecule has 1 aliphatic heterocycles. The Kier molecular flexibility index (Phi) is 4.43. The molecule has 2 rings (SSSR count). The van der Waals surface area contributed by atoms with Crippen molar-refractivity contribution in [1.29, 1.82) is 0 Å². The Bertz CT molecular complexity index is 333. The van der Waals surface area contributed by atoms with Gasteiger partial charge in [0, 0.05) is 12.6 Å². The molecule has 2 heteroatoms. The second kappa shape index (κ2) is 6.06. The Morgan fingerprint density at radius 3 is 2.71 bits per heavy atom. The molecule has 0 bridgehead atoms. The summed E-state index contributed by atoms with van der Waals surface area (Å²) < 4.78 is 5.77. The van der Waals surface area contributed by atoms with Gasteiger partial charge < -0.3 is 4.74 Å². The normalized spacial score (nSPS) is 21.4. The molecule has 1 unspecified atom stereocenters. The minimum Gasteiger partial charge on any atom is -0.492 e. The molecule has 1 aromatic rings. The SMILES string of the molecule is Cc1ccc(OCCN2CCCCC2C)cc1. The van der Waals surface area contributed by atoms with E-state index >= 15 is 0 Å². The topological polar surface area (TPSA) is 12.5 Å². The Hall–Kier alpha value is -1.02. The summed E-state index contributed by atoms with van der Waals surface area (Å²) in [6, 6.07) is 9.02. The van der Waals surface area contributed by atoms with E-state index in [1.165, 1.54) is 31.4 Å². The van der Waals surface area contributed by atoms with Crippen LogP contribution in [0.4, 0.5) is 0 Å². The van der Waals surface area contributed by atoms with Crippen LogP contribution in [0.15, 0.2) is 24.3 Å². The summed E-state index contributed by atoms with van der Waals surface area (Å²) in [6.45, 7) is 7.51. The summed E-state index contributed by atoms with van der Waals surface area (Å²) in [6.07, 6.45) is 4.07. The third-order valence-corrected chi connectivity index (χ3v) is 3.61. The van der Waals surface area contributed by atoms with E-state index in [1.807, 2.05) is 0 Å². The van der Waals surface area contributed by atoms with Crippen molar-refractivity contribution in [1.82, 2.24) is 4.90 Å². The fourth-order valence-electron chi connectivity index (χ4n) is 2.41. The zero-order valence-electron chi connectivity index (χ0n) is 11.0. The Morgan fingerprint density at radius 1 is 1.24 bits per heavy atom. The smallest absolute Gasteiger partial charge is 0.119 e. The van der Waals surface area contributed by atoms with Crippen molar-refractivity contribution in [2.24, 2.45) is 0 Å². The Morgan fingerprint density at radius 2 is 2.00 bits per heavy atom. The number of hydrogen-bond acceptors (Lipinski definition) is 2. The van der Waals surface area contributed by atoms with Crippen LogP contribution in [0, 0.1) is 6.92 Å². The Balaban J connectivity index is 1.73. The number of piperidine rings is 1. The first-order valence-electron chi connectivity index (χ1n) is 6.69. The van der Waals surface area contributed by atoms with E-state index in [0.29, 0.717) is 0 Å². The molecule has 1 heterocycles. The minimum atomic E-state index is 0.727. The van der Waals surface area contributed by atoms with E-state index in [1.54, 1.807) is 0 Å². The molecular formula is C15H23NO. The number of ether oxygens (including phenoxy) is 1. The molecule has 1 aromatic carbocycles. The van der Waals surface area contributed by atoms with E-state index < -0.39 is 0 Å². The summed E-state index contributed by atoms with van der Waals surface area (Å²) >= 11 is 0. The lowest BCUT2D eigenvalue weighted by molar-refractivity contribution is 0.133. The molecule has 0 aromatic heterocycles. The van der Waals surface area contributed by atoms with Crippen LogP contribution in [0.25, 0.3) is 0 Å². The lowest BCUT2D eigenvalue weighted by Gasteiger charge is -2.33. The molecule has 17 heavy (non-hydrogen) atoms. The average Bonchev–Trinajstić information content (AvgIpc) is 2.34. The molecule has 0 aliphatic carbocycles. The standard InChI is InChI=1S/C15H23NO/c1-13-6-8-15(9-7-13)17-12-11-16-10-4-3-5-14(16)2/h6-9,14H,3-5,10-12H2,1-2H3. The number of nitrogens with zero attached hydrogens (tertiary/aromatic N) is 1. The number of rotatable bonds is 4. The number of benzene rings is 1. The van der Waals surface area contributed by atoms with Gasteiger partial charge >= 0.3 is 0 Å². The van der Waals surface area contributed by atoms with Crippen molar-refractivity contribution in [2.45, 2.75) is 39.2 Å². The van der Waals surface area contributed by atoms with Crippen LogP contribution in [0.1, 0.15) is 31.7 Å². The van der Waals surface area contributed by atoms with Gasteiger partial charge in [0.05, 0.1) is 0 Å². The highest BCUT2D eigenvalue weighted by atomic mass is 16.5. The molecule has 0 saturated carbocycles. The predicted molar refractivity (Wildman–Crippen MR) is 71.6 cm³/mol. The molecule has 94 valence electrons. The maximum atomic E-state index is 5.77. The molecular weight excluding hydrogens is 210 g/mol. The number of aryl methyl sites for hydroxylation is 1. The minimum absolute atomic E-state index is 0.727. The van der Waals surface area contributed by atoms with Gasteiger partial charge in [0.25, 0.3) is 0 Å². The van der Waals surface area contributed by atoms with Crippen molar-refractivity contribution in [3.8, 4) is 5.75 Å². The second-order valence-corrected chi connectivity index (χ2v) is 5.04. The molecule has 0 radical (unpaired) electrons. The first kappa shape index (κ1) is 12.4. The van der Waals surface area contributed by atoms with Crippen molar-refractivity contribution in [2.75, 3.05) is 19.7 Å². The molecule has 1 saturated heterocycles. The van der Waals surface area contributed by atoms with Gasteiger partial charge in [-0.25, -0.2) is 0 Å². The van der Waals surface area contributed by atoms with Crippen molar-refractivity contribution in [3.63, 3.8) is 0 Å². The van der Waals surface area contributed by atoms with Crippen LogP contribution < -0.4 is 4.74 Å². The van der Waals surface area contributed by atoms with Gasteiger partial charge in [-0.3, -0.25) is 4.90 Å². The van der Waals surface area contributed by atoms with Gasteiger partial charge in [-0.15, -0.1) is 0 Å². The van der Waals surface area contributed by atoms with Crippen LogP contribution in [-0.2, 0) is 0 Å². The van der Waals surface area contributed by atoms with Crippen LogP contribution in [0.5, 0.6) is 5.75 Å². The molecule has 0 amide bonds. The molecule has 2 nitrogen and oxygen atoms in total. The van der Waals surface area contributed by atoms with Gasteiger partial charge in [0.2, 0.25) is 0 Å². The lowest BCUT2D eigenvalue weighted by atomic mass is 10.0. The first-order chi connectivity index (χ1) is 8.25. The van der Waals surface area contributed by atoms with Crippen LogP contribution in [0.3, 0.4) is 0 Å². The van der Waals surface area contributed by atoms with E-state index in [-0.39, 0.29) is 0 Å². The lowest BCUT2D eigenvalue weighted by Crippen LogP contribution is -2.39. The summed E-state index contributed by atoms with van der Waals surface area (Å²) in [5.41, 5.74) is 1.28. The van der Waals surface area contributed by atoms with Gasteiger partial charge in [-0.05, 0) is 45.4 Å². The van der Waals surface area contributed by atoms with Gasteiger partial charge in [-0.2, -0.15) is 0 Å². The van der Waals surface area contributed by atoms with Gasteiger partial charge in [0.15, 0.2) is 0 Å². The maximum Gasteiger partial charge on any atom is 0.119 e. The number of likely N-dealkylation sites (tertiary alicyclic amines) is 1. The average molecular weight is 233 g/mol. The zero-order valence-corrected chi connectivity index (χ0v) is 11.0. The van der Waals surface area contributed by atoms with Crippen molar-refractivity contribution < 1.29 is 4.74 Å². The fourth-order valence-corrected chi connectivity index (χ4v) is 2.41. The number of hydrogen-bond donors (Lipinski definition) is 0. The summed E-state index contributed by atoms with van der Waals surface area (Å²) in [7, 11) is 0. The van der Waals surface area contributed by atoms with Crippen molar-refractivity contribution in [3.05, 3.63) is 29.8 Å². The zero-order chi connectivity index (χ0) is 12.1. The third-order valence-electron chi connectivity index (χ3n) is 3.61. The monoisotopic (exact) mass is 233 g/mol. The van der Waals surface area contributed by atoms with E-state index in [0.717, 1.165) is 24.9 Å². The first-order valence-corrected chi connectivity index (χ1v) is 6.69. The maximum absolute atomic E-state index is 5.77. The van der Waals surface area contributed by atoms with Crippen LogP contribution in [0.2, 0.25) is 0 Å². The largest absolute Gasteiger partial charge is 0.492 e. The van der Waals surface area contributed by atoms with Gasteiger partial charge in [0.1, 0.15) is 12.4 Å². The van der Waals surface area contributed by atoms with Gasteiger partial charge in [-0.1, -0.05) is 24.1 Å². The molecule has 0 N–H and O–H groups in total. The van der Waals surface area contributed by atoms with Crippen LogP contribution in [-0.4, -0.2) is 30.6 Å². The van der Waals surface area contributed by atoms with E-state index in [4.69, 9.17) is 4.74 Å². The molecule has 0 spiro atoms. The van der Waals surface area contributed by atoms with E-state index in [2.05, 4.69) is 43.0 Å². The summed E-state index contributed by atoms with van der Waals surface area (Å²) in [5.74, 6) is 0.986. The highest BCUT2D eigenvalue weighted by molar-refractivity contribution is 5.26. The summed E-state index contributed by atoms with van der Waals surface area (Å²) in [5, 5.41) is 0. The highest BCUT2D eigenvalue weighted by Gasteiger charge is 2.17. The second-order valence-electron chi connectivity index (χ2n) is 5.04. The van der Waals surface area contributed by atoms with Crippen LogP contribution >= 0.6 is 0 Å². The molecule has 1 atom stereocenters. The molecule has 1 fully saturated rings. The quantitative estimate of drug-likeness (QED) is 0.791. The summed E-state index contributed by atoms with van der Waals surface area (Å²) in [4.78, 5) is 2.54.